The molecule has 7 heteroatoms. The van der Waals surface area contributed by atoms with Crippen LogP contribution in [0, 0.1) is 0 Å². The normalized spacial score (nSPS) is 12.0. The summed E-state index contributed by atoms with van der Waals surface area (Å²) in [6, 6.07) is 7.33. The molecule has 0 aliphatic rings. The molecular weight excluding hydrogens is 372 g/mol. The molecule has 0 spiro atoms. The number of methoxy groups -OCH3 is 1. The molecule has 1 aromatic rings. The van der Waals surface area contributed by atoms with Gasteiger partial charge in [-0.15, -0.1) is 0 Å². The fourth-order valence-electron chi connectivity index (χ4n) is 1.82. The molecule has 0 atom stereocenters. The molecule has 1 aromatic carbocycles. The Balaban J connectivity index is 2.24. The number of benzene rings is 1. The van der Waals surface area contributed by atoms with Gasteiger partial charge in [-0.1, -0.05) is 22.0 Å². The molecule has 0 saturated carbocycles. The third-order valence-corrected chi connectivity index (χ3v) is 3.97. The summed E-state index contributed by atoms with van der Waals surface area (Å²) in [5.41, 5.74) is 0.395. The van der Waals surface area contributed by atoms with Crippen molar-refractivity contribution < 1.29 is 9.53 Å². The number of amides is 1. The van der Waals surface area contributed by atoms with Crippen molar-refractivity contribution in [1.82, 2.24) is 16.0 Å². The van der Waals surface area contributed by atoms with Crippen molar-refractivity contribution in [2.45, 2.75) is 25.9 Å². The predicted octanol–water partition coefficient (Wildman–Crippen LogP) is 2.16. The average molecular weight is 399 g/mol. The van der Waals surface area contributed by atoms with Gasteiger partial charge in [0, 0.05) is 43.8 Å². The number of aliphatic imine (C=N–C) groups is 1. The zero-order chi connectivity index (χ0) is 18.0. The van der Waals surface area contributed by atoms with Crippen LogP contribution in [0.15, 0.2) is 33.7 Å². The summed E-state index contributed by atoms with van der Waals surface area (Å²) < 4.78 is 6.25. The van der Waals surface area contributed by atoms with Crippen molar-refractivity contribution >= 4 is 27.8 Å². The van der Waals surface area contributed by atoms with Crippen LogP contribution in [0.25, 0.3) is 0 Å². The lowest BCUT2D eigenvalue weighted by Crippen LogP contribution is -2.45. The van der Waals surface area contributed by atoms with Crippen molar-refractivity contribution in [1.29, 1.82) is 0 Å². The van der Waals surface area contributed by atoms with E-state index in [0.29, 0.717) is 25.2 Å². The second-order valence-electron chi connectivity index (χ2n) is 5.94. The SMILES string of the molecule is CN=C(NCCCNC(=O)c1cccc(Br)c1)NCC(C)(C)OC. The second-order valence-corrected chi connectivity index (χ2v) is 6.85. The van der Waals surface area contributed by atoms with Crippen molar-refractivity contribution in [2.75, 3.05) is 33.8 Å². The van der Waals surface area contributed by atoms with Gasteiger partial charge < -0.3 is 20.7 Å². The molecule has 134 valence electrons. The molecule has 24 heavy (non-hydrogen) atoms. The molecule has 3 N–H and O–H groups in total. The van der Waals surface area contributed by atoms with Crippen LogP contribution in [0.3, 0.4) is 0 Å². The van der Waals surface area contributed by atoms with Crippen LogP contribution in [-0.4, -0.2) is 51.3 Å². The van der Waals surface area contributed by atoms with Gasteiger partial charge in [0.05, 0.1) is 5.60 Å². The number of hydrogen-bond acceptors (Lipinski definition) is 3. The number of rotatable bonds is 8. The van der Waals surface area contributed by atoms with Crippen molar-refractivity contribution in [3.63, 3.8) is 0 Å². The van der Waals surface area contributed by atoms with Gasteiger partial charge in [-0.3, -0.25) is 9.79 Å². The van der Waals surface area contributed by atoms with Crippen LogP contribution in [0.4, 0.5) is 0 Å². The molecule has 6 nitrogen and oxygen atoms in total. The fourth-order valence-corrected chi connectivity index (χ4v) is 2.22. The molecule has 1 amide bonds. The van der Waals surface area contributed by atoms with E-state index in [1.165, 1.54) is 0 Å². The van der Waals surface area contributed by atoms with Gasteiger partial charge in [-0.2, -0.15) is 0 Å². The number of nitrogens with zero attached hydrogens (tertiary/aromatic N) is 1. The maximum absolute atomic E-state index is 12.0. The zero-order valence-electron chi connectivity index (χ0n) is 14.8. The number of halogens is 1. The van der Waals surface area contributed by atoms with E-state index in [1.54, 1.807) is 26.3 Å². The first kappa shape index (κ1) is 20.4. The Bertz CT molecular complexity index is 561. The van der Waals surface area contributed by atoms with Crippen LogP contribution in [0.1, 0.15) is 30.6 Å². The van der Waals surface area contributed by atoms with Crippen LogP contribution >= 0.6 is 15.9 Å². The van der Waals surface area contributed by atoms with Crippen LogP contribution in [0.2, 0.25) is 0 Å². The van der Waals surface area contributed by atoms with E-state index < -0.39 is 0 Å². The highest BCUT2D eigenvalue weighted by Crippen LogP contribution is 2.11. The van der Waals surface area contributed by atoms with E-state index in [-0.39, 0.29) is 11.5 Å². The van der Waals surface area contributed by atoms with Crippen LogP contribution < -0.4 is 16.0 Å². The quantitative estimate of drug-likeness (QED) is 0.356. The summed E-state index contributed by atoms with van der Waals surface area (Å²) in [7, 11) is 3.41. The molecule has 0 unspecified atom stereocenters. The minimum atomic E-state index is -0.254. The summed E-state index contributed by atoms with van der Waals surface area (Å²) in [5, 5.41) is 9.33. The van der Waals surface area contributed by atoms with Gasteiger partial charge in [-0.05, 0) is 38.5 Å². The molecule has 0 aliphatic carbocycles. The molecule has 0 aromatic heterocycles. The molecule has 0 aliphatic heterocycles. The first-order chi connectivity index (χ1) is 11.4. The summed E-state index contributed by atoms with van der Waals surface area (Å²) in [6.07, 6.45) is 0.800. The predicted molar refractivity (Wildman–Crippen MR) is 102 cm³/mol. The van der Waals surface area contributed by atoms with E-state index in [1.807, 2.05) is 26.0 Å². The lowest BCUT2D eigenvalue weighted by molar-refractivity contribution is 0.0268. The van der Waals surface area contributed by atoms with E-state index >= 15 is 0 Å². The lowest BCUT2D eigenvalue weighted by Gasteiger charge is -2.24. The van der Waals surface area contributed by atoms with E-state index in [0.717, 1.165) is 16.9 Å². The summed E-state index contributed by atoms with van der Waals surface area (Å²) in [5.74, 6) is 0.652. The van der Waals surface area contributed by atoms with Gasteiger partial charge in [0.2, 0.25) is 0 Å². The van der Waals surface area contributed by atoms with Crippen LogP contribution in [-0.2, 0) is 4.74 Å². The molecule has 0 fully saturated rings. The maximum Gasteiger partial charge on any atom is 0.251 e. The first-order valence-electron chi connectivity index (χ1n) is 7.91. The third-order valence-electron chi connectivity index (χ3n) is 3.48. The Morgan fingerprint density at radius 3 is 2.58 bits per heavy atom. The topological polar surface area (TPSA) is 74.8 Å². The highest BCUT2D eigenvalue weighted by molar-refractivity contribution is 9.10. The molecule has 1 rings (SSSR count). The monoisotopic (exact) mass is 398 g/mol. The Kier molecular flexibility index (Phi) is 8.78. The smallest absolute Gasteiger partial charge is 0.251 e. The Hall–Kier alpha value is -1.60. The molecule has 0 heterocycles. The van der Waals surface area contributed by atoms with E-state index in [9.17, 15) is 4.79 Å². The second kappa shape index (κ2) is 10.3. The Labute approximate surface area is 152 Å². The number of guanidine groups is 1. The minimum Gasteiger partial charge on any atom is -0.377 e. The van der Waals surface area contributed by atoms with Crippen molar-refractivity contribution in [3.8, 4) is 0 Å². The highest BCUT2D eigenvalue weighted by Gasteiger charge is 2.16. The average Bonchev–Trinajstić information content (AvgIpc) is 2.57. The maximum atomic E-state index is 12.0. The number of carbonyl (C=O) groups excluding carboxylic acids is 1. The zero-order valence-corrected chi connectivity index (χ0v) is 16.4. The molecular formula is C17H27BrN4O2. The number of carbonyl (C=O) groups is 1. The summed E-state index contributed by atoms with van der Waals surface area (Å²) >= 11 is 3.36. The van der Waals surface area contributed by atoms with Gasteiger partial charge in [0.25, 0.3) is 5.91 Å². The number of nitrogens with one attached hydrogen (secondary N) is 3. The molecule has 0 bridgehead atoms. The summed E-state index contributed by atoms with van der Waals surface area (Å²) in [6.45, 7) is 5.98. The van der Waals surface area contributed by atoms with Crippen LogP contribution in [0.5, 0.6) is 0 Å². The van der Waals surface area contributed by atoms with Crippen molar-refractivity contribution in [2.24, 2.45) is 4.99 Å². The molecule has 0 radical (unpaired) electrons. The Morgan fingerprint density at radius 2 is 1.96 bits per heavy atom. The number of ether oxygens (including phenoxy) is 1. The Morgan fingerprint density at radius 1 is 1.25 bits per heavy atom. The van der Waals surface area contributed by atoms with Gasteiger partial charge in [0.15, 0.2) is 5.96 Å². The summed E-state index contributed by atoms with van der Waals surface area (Å²) in [4.78, 5) is 16.2. The number of hydrogen-bond donors (Lipinski definition) is 3. The van der Waals surface area contributed by atoms with E-state index in [4.69, 9.17) is 4.74 Å². The highest BCUT2D eigenvalue weighted by atomic mass is 79.9. The van der Waals surface area contributed by atoms with E-state index in [2.05, 4.69) is 36.9 Å². The standard InChI is InChI=1S/C17H27BrN4O2/c1-17(2,24-4)12-22-16(19-3)21-10-6-9-20-15(23)13-7-5-8-14(18)11-13/h5,7-8,11H,6,9-10,12H2,1-4H3,(H,20,23)(H2,19,21,22). The first-order valence-corrected chi connectivity index (χ1v) is 8.70. The van der Waals surface area contributed by atoms with Gasteiger partial charge >= 0.3 is 0 Å². The minimum absolute atomic E-state index is 0.0688. The van der Waals surface area contributed by atoms with Gasteiger partial charge in [-0.25, -0.2) is 0 Å². The fraction of sp³-hybridized carbons (Fsp3) is 0.529. The molecule has 0 saturated heterocycles. The largest absolute Gasteiger partial charge is 0.377 e. The lowest BCUT2D eigenvalue weighted by atomic mass is 10.1. The third kappa shape index (κ3) is 7.79. The van der Waals surface area contributed by atoms with Gasteiger partial charge in [0.1, 0.15) is 0 Å². The van der Waals surface area contributed by atoms with Crippen molar-refractivity contribution in [3.05, 3.63) is 34.3 Å².